The monoisotopic (exact) mass is 276 g/mol. The highest BCUT2D eigenvalue weighted by Gasteiger charge is 2.06. The number of pyridine rings is 1. The minimum absolute atomic E-state index is 0.486. The lowest BCUT2D eigenvalue weighted by Crippen LogP contribution is -2.17. The van der Waals surface area contributed by atoms with Gasteiger partial charge >= 0.3 is 0 Å². The molecule has 0 saturated heterocycles. The molecule has 1 aromatic carbocycles. The Bertz CT molecular complexity index is 540. The molecule has 4 heteroatoms. The molecule has 0 unspecified atom stereocenters. The molecule has 0 spiro atoms. The first-order valence-electron chi connectivity index (χ1n) is 6.16. The number of benzene rings is 1. The summed E-state index contributed by atoms with van der Waals surface area (Å²) < 4.78 is 0. The number of halogens is 1. The summed E-state index contributed by atoms with van der Waals surface area (Å²) in [5.74, 6) is 0.865. The molecular weight excluding hydrogens is 260 g/mol. The summed E-state index contributed by atoms with van der Waals surface area (Å²) in [6.07, 6.45) is 1.22. The van der Waals surface area contributed by atoms with E-state index in [1.54, 1.807) is 13.1 Å². The van der Waals surface area contributed by atoms with Crippen molar-refractivity contribution in [2.24, 2.45) is 0 Å². The average molecular weight is 277 g/mol. The van der Waals surface area contributed by atoms with Crippen molar-refractivity contribution in [1.82, 2.24) is 4.98 Å². The molecule has 0 aliphatic rings. The summed E-state index contributed by atoms with van der Waals surface area (Å²) in [5.41, 5.74) is 1.95. The number of rotatable bonds is 4. The summed E-state index contributed by atoms with van der Waals surface area (Å²) in [6, 6.07) is 11.6. The molecule has 1 atom stereocenters. The Balaban J connectivity index is 2.09. The van der Waals surface area contributed by atoms with Gasteiger partial charge in [-0.15, -0.1) is 0 Å². The highest BCUT2D eigenvalue weighted by atomic mass is 35.5. The number of hydrogen-bond acceptors (Lipinski definition) is 3. The third-order valence-corrected chi connectivity index (χ3v) is 3.19. The summed E-state index contributed by atoms with van der Waals surface area (Å²) in [7, 11) is 1.98. The van der Waals surface area contributed by atoms with Crippen LogP contribution in [0.5, 0.6) is 0 Å². The molecule has 1 heterocycles. The van der Waals surface area contributed by atoms with Gasteiger partial charge in [-0.3, -0.25) is 0 Å². The Kier molecular flexibility index (Phi) is 4.40. The van der Waals surface area contributed by atoms with Gasteiger partial charge in [0.25, 0.3) is 0 Å². The smallest absolute Gasteiger partial charge is 0.128 e. The number of aromatic nitrogens is 1. The topological polar surface area (TPSA) is 36.4 Å². The number of aliphatic hydroxyl groups is 1. The normalized spacial score (nSPS) is 12.2. The van der Waals surface area contributed by atoms with Gasteiger partial charge in [-0.2, -0.15) is 0 Å². The van der Waals surface area contributed by atoms with Crippen molar-refractivity contribution in [3.63, 3.8) is 0 Å². The predicted molar refractivity (Wildman–Crippen MR) is 78.4 cm³/mol. The Hall–Kier alpha value is -1.58. The van der Waals surface area contributed by atoms with Crippen molar-refractivity contribution >= 4 is 17.4 Å². The van der Waals surface area contributed by atoms with Crippen LogP contribution in [-0.2, 0) is 6.54 Å². The third kappa shape index (κ3) is 3.69. The molecule has 0 radical (unpaired) electrons. The second kappa shape index (κ2) is 6.04. The first kappa shape index (κ1) is 13.8. The molecule has 0 aliphatic carbocycles. The van der Waals surface area contributed by atoms with Gasteiger partial charge in [0.15, 0.2) is 0 Å². The quantitative estimate of drug-likeness (QED) is 0.929. The Labute approximate surface area is 118 Å². The van der Waals surface area contributed by atoms with Crippen molar-refractivity contribution in [2.75, 3.05) is 11.9 Å². The van der Waals surface area contributed by atoms with E-state index in [0.717, 1.165) is 28.5 Å². The fraction of sp³-hybridized carbons (Fsp3) is 0.267. The van der Waals surface area contributed by atoms with Crippen LogP contribution in [-0.4, -0.2) is 17.1 Å². The van der Waals surface area contributed by atoms with Crippen LogP contribution in [0.4, 0.5) is 5.82 Å². The summed E-state index contributed by atoms with van der Waals surface area (Å²) in [5, 5.41) is 10.2. The zero-order valence-electron chi connectivity index (χ0n) is 11.0. The van der Waals surface area contributed by atoms with Gasteiger partial charge in [-0.05, 0) is 36.2 Å². The molecule has 100 valence electrons. The molecule has 3 nitrogen and oxygen atoms in total. The lowest BCUT2D eigenvalue weighted by Gasteiger charge is -2.19. The number of anilines is 1. The minimum Gasteiger partial charge on any atom is -0.389 e. The SMILES string of the molecule is C[C@H](O)c1ccc(N(C)Cc2cccc(Cl)c2)nc1. The van der Waals surface area contributed by atoms with Crippen molar-refractivity contribution in [2.45, 2.75) is 19.6 Å². The van der Waals surface area contributed by atoms with Gasteiger partial charge < -0.3 is 10.0 Å². The second-order valence-electron chi connectivity index (χ2n) is 4.61. The average Bonchev–Trinajstić information content (AvgIpc) is 2.39. The fourth-order valence-electron chi connectivity index (χ4n) is 1.86. The Morgan fingerprint density at radius 1 is 1.32 bits per heavy atom. The van der Waals surface area contributed by atoms with Crippen LogP contribution < -0.4 is 4.90 Å². The van der Waals surface area contributed by atoms with Gasteiger partial charge in [-0.1, -0.05) is 29.8 Å². The third-order valence-electron chi connectivity index (χ3n) is 2.95. The van der Waals surface area contributed by atoms with Crippen LogP contribution in [0, 0.1) is 0 Å². The van der Waals surface area contributed by atoms with E-state index in [1.165, 1.54) is 0 Å². The van der Waals surface area contributed by atoms with Crippen LogP contribution in [0.1, 0.15) is 24.2 Å². The maximum atomic E-state index is 9.45. The molecule has 0 fully saturated rings. The lowest BCUT2D eigenvalue weighted by molar-refractivity contribution is 0.199. The largest absolute Gasteiger partial charge is 0.389 e. The van der Waals surface area contributed by atoms with E-state index in [9.17, 15) is 5.11 Å². The minimum atomic E-state index is -0.486. The number of aliphatic hydroxyl groups excluding tert-OH is 1. The van der Waals surface area contributed by atoms with Crippen molar-refractivity contribution < 1.29 is 5.11 Å². The standard InChI is InChI=1S/C15H17ClN2O/c1-11(19)13-6-7-15(17-9-13)18(2)10-12-4-3-5-14(16)8-12/h3-9,11,19H,10H2,1-2H3/t11-/m0/s1. The van der Waals surface area contributed by atoms with E-state index >= 15 is 0 Å². The highest BCUT2D eigenvalue weighted by molar-refractivity contribution is 6.30. The van der Waals surface area contributed by atoms with E-state index in [-0.39, 0.29) is 0 Å². The van der Waals surface area contributed by atoms with Gasteiger partial charge in [0.1, 0.15) is 5.82 Å². The van der Waals surface area contributed by atoms with E-state index in [4.69, 9.17) is 11.6 Å². The van der Waals surface area contributed by atoms with E-state index in [1.807, 2.05) is 48.3 Å². The van der Waals surface area contributed by atoms with Crippen LogP contribution in [0.15, 0.2) is 42.6 Å². The molecule has 19 heavy (non-hydrogen) atoms. The van der Waals surface area contributed by atoms with E-state index in [0.29, 0.717) is 0 Å². The maximum Gasteiger partial charge on any atom is 0.128 e. The van der Waals surface area contributed by atoms with Gasteiger partial charge in [-0.25, -0.2) is 4.98 Å². The van der Waals surface area contributed by atoms with Crippen molar-refractivity contribution in [3.8, 4) is 0 Å². The molecule has 1 N–H and O–H groups in total. The first-order valence-corrected chi connectivity index (χ1v) is 6.53. The van der Waals surface area contributed by atoms with Gasteiger partial charge in [0.2, 0.25) is 0 Å². The van der Waals surface area contributed by atoms with Crippen LogP contribution >= 0.6 is 11.6 Å². The molecular formula is C15H17ClN2O. The fourth-order valence-corrected chi connectivity index (χ4v) is 2.07. The van der Waals surface area contributed by atoms with Crippen molar-refractivity contribution in [3.05, 3.63) is 58.7 Å². The Morgan fingerprint density at radius 2 is 2.11 bits per heavy atom. The number of hydrogen-bond donors (Lipinski definition) is 1. The molecule has 0 saturated carbocycles. The molecule has 2 rings (SSSR count). The summed E-state index contributed by atoms with van der Waals surface area (Å²) in [4.78, 5) is 6.39. The highest BCUT2D eigenvalue weighted by Crippen LogP contribution is 2.18. The maximum absolute atomic E-state index is 9.45. The van der Waals surface area contributed by atoms with Gasteiger partial charge in [0, 0.05) is 24.8 Å². The molecule has 2 aromatic rings. The van der Waals surface area contributed by atoms with E-state index in [2.05, 4.69) is 4.98 Å². The Morgan fingerprint density at radius 3 is 2.68 bits per heavy atom. The summed E-state index contributed by atoms with van der Waals surface area (Å²) in [6.45, 7) is 2.47. The second-order valence-corrected chi connectivity index (χ2v) is 5.05. The van der Waals surface area contributed by atoms with Gasteiger partial charge in [0.05, 0.1) is 6.10 Å². The van der Waals surface area contributed by atoms with Crippen LogP contribution in [0.2, 0.25) is 5.02 Å². The van der Waals surface area contributed by atoms with Crippen LogP contribution in [0.25, 0.3) is 0 Å². The zero-order valence-corrected chi connectivity index (χ0v) is 11.8. The van der Waals surface area contributed by atoms with E-state index < -0.39 is 6.10 Å². The summed E-state index contributed by atoms with van der Waals surface area (Å²) >= 11 is 5.97. The first-order chi connectivity index (χ1) is 9.06. The molecule has 0 bridgehead atoms. The molecule has 0 aliphatic heterocycles. The van der Waals surface area contributed by atoms with Crippen LogP contribution in [0.3, 0.4) is 0 Å². The zero-order chi connectivity index (χ0) is 13.8. The molecule has 0 amide bonds. The van der Waals surface area contributed by atoms with Crippen molar-refractivity contribution in [1.29, 1.82) is 0 Å². The predicted octanol–water partition coefficient (Wildman–Crippen LogP) is 3.42. The molecule has 1 aromatic heterocycles. The lowest BCUT2D eigenvalue weighted by atomic mass is 10.2. The number of nitrogens with zero attached hydrogens (tertiary/aromatic N) is 2.